The minimum Gasteiger partial charge on any atom is -0.478 e. The van der Waals surface area contributed by atoms with Crippen LogP contribution in [0.25, 0.3) is 0 Å². The van der Waals surface area contributed by atoms with Crippen LogP contribution in [0.1, 0.15) is 18.1 Å². The van der Waals surface area contributed by atoms with Gasteiger partial charge in [-0.2, -0.15) is 0 Å². The van der Waals surface area contributed by atoms with E-state index in [1.807, 2.05) is 25.1 Å². The molecule has 0 bridgehead atoms. The second kappa shape index (κ2) is 10.0. The molecule has 6 heteroatoms. The highest BCUT2D eigenvalue weighted by Crippen LogP contribution is 2.14. The van der Waals surface area contributed by atoms with Gasteiger partial charge in [-0.3, -0.25) is 14.6 Å². The van der Waals surface area contributed by atoms with E-state index in [1.165, 1.54) is 5.56 Å². The van der Waals surface area contributed by atoms with E-state index in [0.717, 1.165) is 38.3 Å². The lowest BCUT2D eigenvalue weighted by Crippen LogP contribution is -2.49. The topological polar surface area (TPSA) is 57.7 Å². The highest BCUT2D eigenvalue weighted by atomic mass is 16.5. The van der Waals surface area contributed by atoms with Crippen molar-refractivity contribution in [2.24, 2.45) is 0 Å². The number of nitrogens with one attached hydrogen (secondary N) is 1. The van der Waals surface area contributed by atoms with Gasteiger partial charge in [0.2, 0.25) is 11.8 Å². The van der Waals surface area contributed by atoms with Crippen molar-refractivity contribution in [3.05, 3.63) is 59.8 Å². The van der Waals surface area contributed by atoms with Gasteiger partial charge >= 0.3 is 0 Å². The molecule has 2 heterocycles. The Morgan fingerprint density at radius 1 is 1.07 bits per heavy atom. The van der Waals surface area contributed by atoms with Gasteiger partial charge in [0, 0.05) is 51.0 Å². The van der Waals surface area contributed by atoms with Crippen molar-refractivity contribution in [2.75, 3.05) is 39.3 Å². The first-order valence-corrected chi connectivity index (χ1v) is 9.56. The third-order valence-electron chi connectivity index (χ3n) is 4.69. The van der Waals surface area contributed by atoms with Gasteiger partial charge in [-0.05, 0) is 18.6 Å². The molecule has 0 spiro atoms. The molecule has 1 aromatic heterocycles. The molecule has 0 radical (unpaired) electrons. The van der Waals surface area contributed by atoms with Crippen LogP contribution < -0.4 is 10.1 Å². The lowest BCUT2D eigenvalue weighted by molar-refractivity contribution is -0.122. The molecule has 1 amide bonds. The molecule has 3 rings (SSSR count). The third kappa shape index (κ3) is 6.05. The SMILES string of the molecule is CCOc1ncccc1CNC(=O)CN1CCN(Cc2ccccc2)CC1. The Labute approximate surface area is 161 Å². The Bertz CT molecular complexity index is 715. The average molecular weight is 368 g/mol. The van der Waals surface area contributed by atoms with Crippen molar-refractivity contribution in [2.45, 2.75) is 20.0 Å². The summed E-state index contributed by atoms with van der Waals surface area (Å²) in [4.78, 5) is 21.2. The standard InChI is InChI=1S/C21H28N4O2/c1-2-27-21-19(9-6-10-22-21)15-23-20(26)17-25-13-11-24(12-14-25)16-18-7-4-3-5-8-18/h3-10H,2,11-17H2,1H3,(H,23,26). The summed E-state index contributed by atoms with van der Waals surface area (Å²) in [5, 5.41) is 2.98. The Morgan fingerprint density at radius 3 is 2.56 bits per heavy atom. The lowest BCUT2D eigenvalue weighted by atomic mass is 10.2. The van der Waals surface area contributed by atoms with Crippen molar-refractivity contribution in [3.8, 4) is 5.88 Å². The summed E-state index contributed by atoms with van der Waals surface area (Å²) in [6.45, 7) is 8.13. The van der Waals surface area contributed by atoms with Crippen molar-refractivity contribution < 1.29 is 9.53 Å². The molecule has 27 heavy (non-hydrogen) atoms. The van der Waals surface area contributed by atoms with Gasteiger partial charge in [-0.25, -0.2) is 4.98 Å². The normalized spacial score (nSPS) is 15.4. The maximum atomic E-state index is 12.3. The van der Waals surface area contributed by atoms with Gasteiger partial charge in [0.1, 0.15) is 0 Å². The summed E-state index contributed by atoms with van der Waals surface area (Å²) in [7, 11) is 0. The highest BCUT2D eigenvalue weighted by molar-refractivity contribution is 5.78. The Hall–Kier alpha value is -2.44. The van der Waals surface area contributed by atoms with Gasteiger partial charge in [0.05, 0.1) is 13.2 Å². The summed E-state index contributed by atoms with van der Waals surface area (Å²) >= 11 is 0. The molecule has 1 aliphatic heterocycles. The molecule has 0 atom stereocenters. The van der Waals surface area contributed by atoms with Crippen LogP contribution in [0.2, 0.25) is 0 Å². The fourth-order valence-electron chi connectivity index (χ4n) is 3.23. The Morgan fingerprint density at radius 2 is 1.81 bits per heavy atom. The smallest absolute Gasteiger partial charge is 0.234 e. The Balaban J connectivity index is 1.39. The van der Waals surface area contributed by atoms with Gasteiger partial charge < -0.3 is 10.1 Å². The summed E-state index contributed by atoms with van der Waals surface area (Å²) in [6.07, 6.45) is 1.70. The summed E-state index contributed by atoms with van der Waals surface area (Å²) in [6, 6.07) is 14.3. The summed E-state index contributed by atoms with van der Waals surface area (Å²) < 4.78 is 5.50. The molecular formula is C21H28N4O2. The van der Waals surface area contributed by atoms with E-state index in [-0.39, 0.29) is 5.91 Å². The van der Waals surface area contributed by atoms with Crippen LogP contribution in [-0.4, -0.2) is 60.0 Å². The van der Waals surface area contributed by atoms with Gasteiger partial charge in [0.15, 0.2) is 0 Å². The van der Waals surface area contributed by atoms with Crippen LogP contribution >= 0.6 is 0 Å². The van der Waals surface area contributed by atoms with E-state index >= 15 is 0 Å². The third-order valence-corrected chi connectivity index (χ3v) is 4.69. The lowest BCUT2D eigenvalue weighted by Gasteiger charge is -2.34. The van der Waals surface area contributed by atoms with Crippen molar-refractivity contribution in [1.29, 1.82) is 0 Å². The second-order valence-corrected chi connectivity index (χ2v) is 6.72. The summed E-state index contributed by atoms with van der Waals surface area (Å²) in [5.74, 6) is 0.632. The van der Waals surface area contributed by atoms with Crippen LogP contribution in [0.5, 0.6) is 5.88 Å². The van der Waals surface area contributed by atoms with E-state index < -0.39 is 0 Å². The number of rotatable bonds is 8. The molecule has 6 nitrogen and oxygen atoms in total. The molecule has 1 aromatic carbocycles. The molecule has 1 aliphatic rings. The number of ether oxygens (including phenoxy) is 1. The number of amides is 1. The van der Waals surface area contributed by atoms with E-state index in [0.29, 0.717) is 25.6 Å². The number of nitrogens with zero attached hydrogens (tertiary/aromatic N) is 3. The van der Waals surface area contributed by atoms with Gasteiger partial charge in [-0.15, -0.1) is 0 Å². The van der Waals surface area contributed by atoms with Crippen LogP contribution in [0.3, 0.4) is 0 Å². The molecule has 1 saturated heterocycles. The second-order valence-electron chi connectivity index (χ2n) is 6.72. The highest BCUT2D eigenvalue weighted by Gasteiger charge is 2.19. The maximum absolute atomic E-state index is 12.3. The number of aromatic nitrogens is 1. The molecule has 0 unspecified atom stereocenters. The first-order chi connectivity index (χ1) is 13.2. The minimum atomic E-state index is 0.0396. The number of hydrogen-bond acceptors (Lipinski definition) is 5. The largest absolute Gasteiger partial charge is 0.478 e. The van der Waals surface area contributed by atoms with Crippen LogP contribution in [0.4, 0.5) is 0 Å². The number of hydrogen-bond donors (Lipinski definition) is 1. The van der Waals surface area contributed by atoms with E-state index in [2.05, 4.69) is 44.4 Å². The van der Waals surface area contributed by atoms with E-state index in [9.17, 15) is 4.79 Å². The quantitative estimate of drug-likeness (QED) is 0.771. The van der Waals surface area contributed by atoms with E-state index in [4.69, 9.17) is 4.74 Å². The first kappa shape index (κ1) is 19.3. The minimum absolute atomic E-state index is 0.0396. The zero-order valence-corrected chi connectivity index (χ0v) is 15.9. The number of carbonyl (C=O) groups excluding carboxylic acids is 1. The predicted octanol–water partition coefficient (Wildman–Crippen LogP) is 1.91. The summed E-state index contributed by atoms with van der Waals surface area (Å²) in [5.41, 5.74) is 2.24. The number of carbonyl (C=O) groups is 1. The molecule has 2 aromatic rings. The fraction of sp³-hybridized carbons (Fsp3) is 0.429. The van der Waals surface area contributed by atoms with Gasteiger partial charge in [0.25, 0.3) is 0 Å². The Kier molecular flexibility index (Phi) is 7.19. The zero-order chi connectivity index (χ0) is 18.9. The van der Waals surface area contributed by atoms with Crippen molar-refractivity contribution in [1.82, 2.24) is 20.1 Å². The number of pyridine rings is 1. The molecule has 0 aliphatic carbocycles. The maximum Gasteiger partial charge on any atom is 0.234 e. The van der Waals surface area contributed by atoms with Gasteiger partial charge in [-0.1, -0.05) is 36.4 Å². The molecule has 1 fully saturated rings. The van der Waals surface area contributed by atoms with Crippen LogP contribution in [-0.2, 0) is 17.9 Å². The van der Waals surface area contributed by atoms with E-state index in [1.54, 1.807) is 6.20 Å². The number of benzene rings is 1. The molecule has 0 saturated carbocycles. The number of piperazine rings is 1. The average Bonchev–Trinajstić information content (AvgIpc) is 2.70. The molecule has 1 N–H and O–H groups in total. The molecule has 144 valence electrons. The fourth-order valence-corrected chi connectivity index (χ4v) is 3.23. The van der Waals surface area contributed by atoms with Crippen molar-refractivity contribution >= 4 is 5.91 Å². The zero-order valence-electron chi connectivity index (χ0n) is 15.9. The van der Waals surface area contributed by atoms with Crippen LogP contribution in [0.15, 0.2) is 48.7 Å². The predicted molar refractivity (Wildman–Crippen MR) is 105 cm³/mol. The first-order valence-electron chi connectivity index (χ1n) is 9.56. The van der Waals surface area contributed by atoms with Crippen molar-refractivity contribution in [3.63, 3.8) is 0 Å². The molecular weight excluding hydrogens is 340 g/mol. The van der Waals surface area contributed by atoms with Crippen LogP contribution in [0, 0.1) is 0 Å². The monoisotopic (exact) mass is 368 g/mol.